The summed E-state index contributed by atoms with van der Waals surface area (Å²) in [5, 5.41) is 2.65. The predicted molar refractivity (Wildman–Crippen MR) is 79.0 cm³/mol. The molecule has 0 aromatic heterocycles. The van der Waals surface area contributed by atoms with Gasteiger partial charge in [-0.2, -0.15) is 0 Å². The van der Waals surface area contributed by atoms with Crippen molar-refractivity contribution in [1.82, 2.24) is 9.80 Å². The number of carbonyl (C=O) groups excluding carboxylic acids is 4. The van der Waals surface area contributed by atoms with Crippen LogP contribution in [0.1, 0.15) is 18.1 Å². The molecule has 0 unspecified atom stereocenters. The van der Waals surface area contributed by atoms with E-state index < -0.39 is 30.3 Å². The Morgan fingerprint density at radius 3 is 2.32 bits per heavy atom. The van der Waals surface area contributed by atoms with Gasteiger partial charge in [-0.1, -0.05) is 12.1 Å². The Morgan fingerprint density at radius 1 is 1.09 bits per heavy atom. The number of amides is 5. The molecule has 1 fully saturated rings. The Bertz CT molecular complexity index is 669. The minimum atomic E-state index is -0.969. The van der Waals surface area contributed by atoms with Gasteiger partial charge in [-0.25, -0.2) is 9.69 Å². The molecule has 0 radical (unpaired) electrons. The molecular weight excluding hydrogens is 286 g/mol. The molecule has 1 N–H and O–H groups in total. The lowest BCUT2D eigenvalue weighted by Gasteiger charge is -2.15. The number of hydrogen-bond donors (Lipinski definition) is 1. The fraction of sp³-hybridized carbons (Fsp3) is 0.333. The summed E-state index contributed by atoms with van der Waals surface area (Å²) in [5.41, 5.74) is 2.53. The monoisotopic (exact) mass is 303 g/mol. The molecule has 5 amide bonds. The third-order valence-corrected chi connectivity index (χ3v) is 3.63. The number of urea groups is 1. The highest BCUT2D eigenvalue weighted by atomic mass is 16.2. The second kappa shape index (κ2) is 5.97. The minimum Gasteiger partial charge on any atom is -0.324 e. The number of anilines is 1. The average Bonchev–Trinajstić information content (AvgIpc) is 2.67. The van der Waals surface area contributed by atoms with Gasteiger partial charge < -0.3 is 5.32 Å². The quantitative estimate of drug-likeness (QED) is 0.665. The number of imide groups is 2. The number of hydrogen-bond acceptors (Lipinski definition) is 4. The largest absolute Gasteiger partial charge is 0.334 e. The normalized spacial score (nSPS) is 14.8. The topological polar surface area (TPSA) is 86.8 Å². The van der Waals surface area contributed by atoms with Crippen LogP contribution < -0.4 is 5.32 Å². The molecule has 1 saturated heterocycles. The van der Waals surface area contributed by atoms with Crippen LogP contribution in [-0.2, 0) is 14.4 Å². The van der Waals surface area contributed by atoms with Gasteiger partial charge in [0.05, 0.1) is 0 Å². The predicted octanol–water partition coefficient (Wildman–Crippen LogP) is 1.05. The molecule has 2 rings (SSSR count). The molecule has 7 heteroatoms. The van der Waals surface area contributed by atoms with E-state index in [-0.39, 0.29) is 6.54 Å². The maximum atomic E-state index is 12.0. The summed E-state index contributed by atoms with van der Waals surface area (Å²) >= 11 is 0. The first-order chi connectivity index (χ1) is 10.4. The van der Waals surface area contributed by atoms with Crippen LogP contribution >= 0.6 is 0 Å². The van der Waals surface area contributed by atoms with Crippen molar-refractivity contribution in [2.24, 2.45) is 0 Å². The molecule has 1 heterocycles. The van der Waals surface area contributed by atoms with Crippen LogP contribution in [0, 0.1) is 13.8 Å². The summed E-state index contributed by atoms with van der Waals surface area (Å²) < 4.78 is 0. The lowest BCUT2D eigenvalue weighted by atomic mass is 10.1. The van der Waals surface area contributed by atoms with Gasteiger partial charge in [0.1, 0.15) is 6.54 Å². The van der Waals surface area contributed by atoms with Gasteiger partial charge in [0, 0.05) is 12.2 Å². The molecule has 0 bridgehead atoms. The fourth-order valence-corrected chi connectivity index (χ4v) is 2.19. The van der Waals surface area contributed by atoms with Gasteiger partial charge in [-0.3, -0.25) is 19.3 Å². The second-order valence-corrected chi connectivity index (χ2v) is 5.02. The zero-order valence-corrected chi connectivity index (χ0v) is 12.7. The van der Waals surface area contributed by atoms with Gasteiger partial charge in [0.15, 0.2) is 0 Å². The van der Waals surface area contributed by atoms with Crippen molar-refractivity contribution in [2.75, 3.05) is 18.4 Å². The van der Waals surface area contributed by atoms with Crippen molar-refractivity contribution in [3.05, 3.63) is 29.3 Å². The molecule has 0 aliphatic carbocycles. The smallest absolute Gasteiger partial charge is 0.324 e. The van der Waals surface area contributed by atoms with E-state index in [0.717, 1.165) is 16.0 Å². The summed E-state index contributed by atoms with van der Waals surface area (Å²) in [6, 6.07) is 4.69. The van der Waals surface area contributed by atoms with Crippen molar-refractivity contribution >= 4 is 29.4 Å². The number of nitrogens with one attached hydrogen (secondary N) is 1. The third-order valence-electron chi connectivity index (χ3n) is 3.63. The van der Waals surface area contributed by atoms with Crippen LogP contribution in [-0.4, -0.2) is 46.6 Å². The molecule has 0 saturated carbocycles. The van der Waals surface area contributed by atoms with E-state index in [2.05, 4.69) is 5.32 Å². The third kappa shape index (κ3) is 2.69. The van der Waals surface area contributed by atoms with Crippen molar-refractivity contribution in [1.29, 1.82) is 0 Å². The number of benzene rings is 1. The highest BCUT2D eigenvalue weighted by molar-refractivity contribution is 6.45. The highest BCUT2D eigenvalue weighted by Crippen LogP contribution is 2.18. The highest BCUT2D eigenvalue weighted by Gasteiger charge is 2.44. The van der Waals surface area contributed by atoms with Crippen LogP contribution in [0.3, 0.4) is 0 Å². The standard InChI is InChI=1S/C15H17N3O4/c1-4-17-13(20)14(21)18(15(17)22)8-12(19)16-11-7-5-6-9(2)10(11)3/h5-7H,4,8H2,1-3H3,(H,16,19). The maximum absolute atomic E-state index is 12.0. The summed E-state index contributed by atoms with van der Waals surface area (Å²) in [6.45, 7) is 4.98. The zero-order valence-electron chi connectivity index (χ0n) is 12.7. The molecule has 1 aliphatic heterocycles. The van der Waals surface area contributed by atoms with E-state index in [4.69, 9.17) is 0 Å². The van der Waals surface area contributed by atoms with Crippen LogP contribution in [0.5, 0.6) is 0 Å². The van der Waals surface area contributed by atoms with Crippen LogP contribution in [0.4, 0.5) is 10.5 Å². The molecule has 1 aliphatic rings. The van der Waals surface area contributed by atoms with E-state index in [1.165, 1.54) is 0 Å². The van der Waals surface area contributed by atoms with Crippen LogP contribution in [0.25, 0.3) is 0 Å². The average molecular weight is 303 g/mol. The first-order valence-corrected chi connectivity index (χ1v) is 6.90. The van der Waals surface area contributed by atoms with Crippen LogP contribution in [0.15, 0.2) is 18.2 Å². The number of carbonyl (C=O) groups is 4. The second-order valence-electron chi connectivity index (χ2n) is 5.02. The summed E-state index contributed by atoms with van der Waals surface area (Å²) in [5.74, 6) is -2.39. The molecule has 0 atom stereocenters. The van der Waals surface area contributed by atoms with Crippen LogP contribution in [0.2, 0.25) is 0 Å². The van der Waals surface area contributed by atoms with E-state index in [0.29, 0.717) is 10.6 Å². The lowest BCUT2D eigenvalue weighted by molar-refractivity contribution is -0.143. The maximum Gasteiger partial charge on any atom is 0.334 e. The number of aryl methyl sites for hydroxylation is 1. The van der Waals surface area contributed by atoms with Crippen molar-refractivity contribution < 1.29 is 19.2 Å². The summed E-state index contributed by atoms with van der Waals surface area (Å²) in [7, 11) is 0. The first kappa shape index (κ1) is 15.7. The van der Waals surface area contributed by atoms with E-state index in [1.54, 1.807) is 19.1 Å². The van der Waals surface area contributed by atoms with Gasteiger partial charge in [0.2, 0.25) is 5.91 Å². The van der Waals surface area contributed by atoms with Crippen molar-refractivity contribution in [3.8, 4) is 0 Å². The Balaban J connectivity index is 2.09. The fourth-order valence-electron chi connectivity index (χ4n) is 2.19. The molecule has 1 aromatic rings. The summed E-state index contributed by atoms with van der Waals surface area (Å²) in [4.78, 5) is 48.7. The Labute approximate surface area is 127 Å². The van der Waals surface area contributed by atoms with Gasteiger partial charge >= 0.3 is 17.8 Å². The SMILES string of the molecule is CCN1C(=O)C(=O)N(CC(=O)Nc2cccc(C)c2C)C1=O. The Kier molecular flexibility index (Phi) is 4.25. The van der Waals surface area contributed by atoms with E-state index in [9.17, 15) is 19.2 Å². The summed E-state index contributed by atoms with van der Waals surface area (Å²) in [6.07, 6.45) is 0. The number of likely N-dealkylation sites (N-methyl/N-ethyl adjacent to an activating group) is 1. The molecule has 22 heavy (non-hydrogen) atoms. The molecule has 7 nitrogen and oxygen atoms in total. The first-order valence-electron chi connectivity index (χ1n) is 6.90. The van der Waals surface area contributed by atoms with Gasteiger partial charge in [-0.05, 0) is 38.0 Å². The molecular formula is C15H17N3O4. The minimum absolute atomic E-state index is 0.0957. The molecule has 0 spiro atoms. The zero-order chi connectivity index (χ0) is 16.4. The van der Waals surface area contributed by atoms with E-state index in [1.807, 2.05) is 19.9 Å². The molecule has 1 aromatic carbocycles. The van der Waals surface area contributed by atoms with Crippen molar-refractivity contribution in [3.63, 3.8) is 0 Å². The number of rotatable bonds is 4. The number of nitrogens with zero attached hydrogens (tertiary/aromatic N) is 2. The lowest BCUT2D eigenvalue weighted by Crippen LogP contribution is -2.39. The Hall–Kier alpha value is -2.70. The van der Waals surface area contributed by atoms with Gasteiger partial charge in [0.25, 0.3) is 0 Å². The van der Waals surface area contributed by atoms with E-state index >= 15 is 0 Å². The Morgan fingerprint density at radius 2 is 1.73 bits per heavy atom. The van der Waals surface area contributed by atoms with Gasteiger partial charge in [-0.15, -0.1) is 0 Å². The van der Waals surface area contributed by atoms with Crippen molar-refractivity contribution in [2.45, 2.75) is 20.8 Å². The molecule has 116 valence electrons.